The van der Waals surface area contributed by atoms with Crippen molar-refractivity contribution < 1.29 is 22.6 Å². The first-order valence-electron chi connectivity index (χ1n) is 9.65. The lowest BCUT2D eigenvalue weighted by Crippen LogP contribution is -2.41. The molecule has 150 valence electrons. The fourth-order valence-electron chi connectivity index (χ4n) is 3.81. The molecule has 6 nitrogen and oxygen atoms in total. The predicted molar refractivity (Wildman–Crippen MR) is 109 cm³/mol. The van der Waals surface area contributed by atoms with Crippen LogP contribution in [0.15, 0.2) is 65.6 Å². The summed E-state index contributed by atoms with van der Waals surface area (Å²) in [5.41, 5.74) is 0. The summed E-state index contributed by atoms with van der Waals surface area (Å²) in [5, 5.41) is 1.96. The van der Waals surface area contributed by atoms with Crippen molar-refractivity contribution in [1.29, 1.82) is 0 Å². The van der Waals surface area contributed by atoms with Gasteiger partial charge in [-0.25, -0.2) is 8.42 Å². The van der Waals surface area contributed by atoms with Crippen molar-refractivity contribution in [3.8, 4) is 17.2 Å². The highest BCUT2D eigenvalue weighted by Crippen LogP contribution is 2.36. The first kappa shape index (κ1) is 18.3. The minimum Gasteiger partial charge on any atom is -0.490 e. The minimum atomic E-state index is -3.52. The molecule has 2 heterocycles. The second-order valence-corrected chi connectivity index (χ2v) is 9.18. The Morgan fingerprint density at radius 2 is 1.62 bits per heavy atom. The number of hydrogen-bond donors (Lipinski definition) is 0. The molecular weight excluding hydrogens is 390 g/mol. The fraction of sp³-hybridized carbons (Fsp3) is 0.273. The first-order chi connectivity index (χ1) is 14.1. The number of ether oxygens (including phenoxy) is 3. The fourth-order valence-corrected chi connectivity index (χ4v) is 5.32. The van der Waals surface area contributed by atoms with Crippen LogP contribution in [0.25, 0.3) is 10.8 Å². The van der Waals surface area contributed by atoms with Gasteiger partial charge in [0.15, 0.2) is 11.5 Å². The van der Waals surface area contributed by atoms with Crippen LogP contribution >= 0.6 is 0 Å². The molecule has 0 spiro atoms. The summed E-state index contributed by atoms with van der Waals surface area (Å²) in [7, 11) is -3.52. The van der Waals surface area contributed by atoms with Crippen LogP contribution in [0.4, 0.5) is 0 Å². The predicted octanol–water partition coefficient (Wildman–Crippen LogP) is 3.80. The SMILES string of the molecule is O=S(=O)(c1ccc2ccccc2c1)N1CCC(Oc2ccc3c(c2)OCO3)CC1. The lowest BCUT2D eigenvalue weighted by atomic mass is 10.1. The van der Waals surface area contributed by atoms with Gasteiger partial charge in [-0.1, -0.05) is 30.3 Å². The van der Waals surface area contributed by atoms with E-state index >= 15 is 0 Å². The van der Waals surface area contributed by atoms with Crippen molar-refractivity contribution in [3.05, 3.63) is 60.7 Å². The maximum absolute atomic E-state index is 13.1. The number of rotatable bonds is 4. The largest absolute Gasteiger partial charge is 0.490 e. The van der Waals surface area contributed by atoms with Crippen LogP contribution in [0.5, 0.6) is 17.2 Å². The summed E-state index contributed by atoms with van der Waals surface area (Å²) in [6.07, 6.45) is 1.25. The van der Waals surface area contributed by atoms with Gasteiger partial charge in [0.25, 0.3) is 0 Å². The molecule has 7 heteroatoms. The zero-order valence-corrected chi connectivity index (χ0v) is 16.6. The Hall–Kier alpha value is -2.77. The monoisotopic (exact) mass is 411 g/mol. The van der Waals surface area contributed by atoms with Gasteiger partial charge >= 0.3 is 0 Å². The van der Waals surface area contributed by atoms with Crippen LogP contribution < -0.4 is 14.2 Å². The summed E-state index contributed by atoms with van der Waals surface area (Å²) in [6.45, 7) is 1.10. The Morgan fingerprint density at radius 3 is 2.45 bits per heavy atom. The standard InChI is InChI=1S/C22H21NO5S/c24-29(25,20-7-5-16-3-1-2-4-17(16)13-20)23-11-9-18(10-12-23)28-19-6-8-21-22(14-19)27-15-26-21/h1-8,13-14,18H,9-12,15H2. The van der Waals surface area contributed by atoms with Gasteiger partial charge in [-0.15, -0.1) is 0 Å². The second-order valence-electron chi connectivity index (χ2n) is 7.25. The maximum Gasteiger partial charge on any atom is 0.243 e. The number of piperidine rings is 1. The quantitative estimate of drug-likeness (QED) is 0.653. The van der Waals surface area contributed by atoms with E-state index in [0.29, 0.717) is 48.1 Å². The van der Waals surface area contributed by atoms with E-state index in [9.17, 15) is 8.42 Å². The van der Waals surface area contributed by atoms with Crippen molar-refractivity contribution in [2.75, 3.05) is 19.9 Å². The van der Waals surface area contributed by atoms with Crippen LogP contribution in [-0.2, 0) is 10.0 Å². The molecule has 2 aliphatic rings. The molecule has 3 aromatic rings. The molecular formula is C22H21NO5S. The Labute approximate surface area is 169 Å². The average Bonchev–Trinajstić information content (AvgIpc) is 3.22. The summed E-state index contributed by atoms with van der Waals surface area (Å²) in [6, 6.07) is 18.6. The van der Waals surface area contributed by atoms with Gasteiger partial charge in [0.05, 0.1) is 4.90 Å². The molecule has 5 rings (SSSR count). The zero-order chi connectivity index (χ0) is 19.8. The molecule has 1 saturated heterocycles. The van der Waals surface area contributed by atoms with Crippen LogP contribution in [0.1, 0.15) is 12.8 Å². The van der Waals surface area contributed by atoms with Crippen LogP contribution in [-0.4, -0.2) is 38.7 Å². The van der Waals surface area contributed by atoms with Crippen molar-refractivity contribution >= 4 is 20.8 Å². The van der Waals surface area contributed by atoms with Gasteiger partial charge in [-0.2, -0.15) is 4.31 Å². The van der Waals surface area contributed by atoms with E-state index in [4.69, 9.17) is 14.2 Å². The maximum atomic E-state index is 13.1. The third-order valence-electron chi connectivity index (χ3n) is 5.41. The van der Waals surface area contributed by atoms with Crippen molar-refractivity contribution in [2.45, 2.75) is 23.8 Å². The third kappa shape index (κ3) is 3.52. The van der Waals surface area contributed by atoms with E-state index in [0.717, 1.165) is 10.8 Å². The molecule has 0 bridgehead atoms. The molecule has 29 heavy (non-hydrogen) atoms. The summed E-state index contributed by atoms with van der Waals surface area (Å²) < 4.78 is 44.4. The molecule has 0 unspecified atom stereocenters. The molecule has 0 atom stereocenters. The molecule has 2 aliphatic heterocycles. The van der Waals surface area contributed by atoms with Gasteiger partial charge in [0.2, 0.25) is 16.8 Å². The number of benzene rings is 3. The van der Waals surface area contributed by atoms with E-state index in [-0.39, 0.29) is 12.9 Å². The van der Waals surface area contributed by atoms with Crippen molar-refractivity contribution in [3.63, 3.8) is 0 Å². The van der Waals surface area contributed by atoms with Gasteiger partial charge in [0.1, 0.15) is 11.9 Å². The molecule has 3 aromatic carbocycles. The van der Waals surface area contributed by atoms with Gasteiger partial charge < -0.3 is 14.2 Å². The minimum absolute atomic E-state index is 0.0292. The summed E-state index contributed by atoms with van der Waals surface area (Å²) in [5.74, 6) is 2.11. The van der Waals surface area contributed by atoms with E-state index in [1.54, 1.807) is 16.4 Å². The highest BCUT2D eigenvalue weighted by molar-refractivity contribution is 7.89. The molecule has 1 fully saturated rings. The van der Waals surface area contributed by atoms with Gasteiger partial charge in [-0.3, -0.25) is 0 Å². The normalized spacial score (nSPS) is 17.5. The summed E-state index contributed by atoms with van der Waals surface area (Å²) >= 11 is 0. The lowest BCUT2D eigenvalue weighted by molar-refractivity contribution is 0.134. The number of fused-ring (bicyclic) bond motifs is 2. The molecule has 0 aromatic heterocycles. The zero-order valence-electron chi connectivity index (χ0n) is 15.8. The summed E-state index contributed by atoms with van der Waals surface area (Å²) in [4.78, 5) is 0.339. The van der Waals surface area contributed by atoms with Crippen LogP contribution in [0, 0.1) is 0 Å². The third-order valence-corrected chi connectivity index (χ3v) is 7.30. The Balaban J connectivity index is 1.26. The Kier molecular flexibility index (Phi) is 4.56. The number of sulfonamides is 1. The highest BCUT2D eigenvalue weighted by Gasteiger charge is 2.30. The van der Waals surface area contributed by atoms with E-state index in [1.165, 1.54) is 0 Å². The topological polar surface area (TPSA) is 65.1 Å². The lowest BCUT2D eigenvalue weighted by Gasteiger charge is -2.31. The Bertz CT molecular complexity index is 1150. The van der Waals surface area contributed by atoms with Crippen LogP contribution in [0.3, 0.4) is 0 Å². The number of hydrogen-bond acceptors (Lipinski definition) is 5. The molecule has 0 amide bonds. The van der Waals surface area contributed by atoms with E-state index in [2.05, 4.69) is 0 Å². The van der Waals surface area contributed by atoms with E-state index in [1.807, 2.05) is 48.5 Å². The molecule has 0 N–H and O–H groups in total. The average molecular weight is 411 g/mol. The first-order valence-corrected chi connectivity index (χ1v) is 11.1. The van der Waals surface area contributed by atoms with Crippen molar-refractivity contribution in [1.82, 2.24) is 4.31 Å². The second kappa shape index (κ2) is 7.24. The molecule has 0 aliphatic carbocycles. The Morgan fingerprint density at radius 1 is 0.862 bits per heavy atom. The van der Waals surface area contributed by atoms with Crippen LogP contribution in [0.2, 0.25) is 0 Å². The number of nitrogens with zero attached hydrogens (tertiary/aromatic N) is 1. The molecule has 0 saturated carbocycles. The molecule has 0 radical (unpaired) electrons. The van der Waals surface area contributed by atoms with Crippen molar-refractivity contribution in [2.24, 2.45) is 0 Å². The van der Waals surface area contributed by atoms with Gasteiger partial charge in [-0.05, 0) is 47.9 Å². The highest BCUT2D eigenvalue weighted by atomic mass is 32.2. The van der Waals surface area contributed by atoms with Gasteiger partial charge in [0, 0.05) is 19.2 Å². The van der Waals surface area contributed by atoms with E-state index < -0.39 is 10.0 Å². The smallest absolute Gasteiger partial charge is 0.243 e.